The molecule has 2 heterocycles. The van der Waals surface area contributed by atoms with Gasteiger partial charge in [0.15, 0.2) is 0 Å². The normalized spacial score (nSPS) is 18.7. The molecular formula is C18H25N3O3. The van der Waals surface area contributed by atoms with Crippen LogP contribution < -0.4 is 4.74 Å². The van der Waals surface area contributed by atoms with Crippen LogP contribution in [0.4, 0.5) is 0 Å². The van der Waals surface area contributed by atoms with E-state index in [1.165, 1.54) is 0 Å². The fraction of sp³-hybridized carbons (Fsp3) is 0.556. The Labute approximate surface area is 143 Å². The molecule has 6 heteroatoms. The molecule has 0 unspecified atom stereocenters. The molecule has 0 radical (unpaired) electrons. The van der Waals surface area contributed by atoms with Crippen LogP contribution in [0.15, 0.2) is 24.3 Å². The van der Waals surface area contributed by atoms with Crippen LogP contribution in [-0.2, 0) is 4.79 Å². The van der Waals surface area contributed by atoms with Gasteiger partial charge in [-0.25, -0.2) is 0 Å². The molecule has 0 bridgehead atoms. The van der Waals surface area contributed by atoms with E-state index < -0.39 is 0 Å². The Morgan fingerprint density at radius 1 is 0.958 bits per heavy atom. The average molecular weight is 331 g/mol. The number of nitrogens with zero attached hydrogens (tertiary/aromatic N) is 3. The first-order valence-corrected chi connectivity index (χ1v) is 8.61. The zero-order chi connectivity index (χ0) is 16.9. The highest BCUT2D eigenvalue weighted by Crippen LogP contribution is 2.20. The minimum atomic E-state index is -0.00188. The molecular weight excluding hydrogens is 306 g/mol. The van der Waals surface area contributed by atoms with Crippen LogP contribution in [0.1, 0.15) is 23.2 Å². The lowest BCUT2D eigenvalue weighted by Crippen LogP contribution is -2.51. The third-order valence-electron chi connectivity index (χ3n) is 4.81. The van der Waals surface area contributed by atoms with E-state index in [1.807, 2.05) is 21.9 Å². The zero-order valence-electron chi connectivity index (χ0n) is 14.2. The van der Waals surface area contributed by atoms with Crippen molar-refractivity contribution < 1.29 is 14.3 Å². The second-order valence-electron chi connectivity index (χ2n) is 6.36. The lowest BCUT2D eigenvalue weighted by Gasteiger charge is -2.35. The summed E-state index contributed by atoms with van der Waals surface area (Å²) in [5, 5.41) is 0. The van der Waals surface area contributed by atoms with E-state index in [-0.39, 0.29) is 11.8 Å². The summed E-state index contributed by atoms with van der Waals surface area (Å²) in [5.41, 5.74) is 0.599. The SMILES string of the molecule is COc1ccccc1C(=O)N1CCN(CC(=O)N2CCCC2)CC1. The van der Waals surface area contributed by atoms with Crippen molar-refractivity contribution in [1.29, 1.82) is 0 Å². The van der Waals surface area contributed by atoms with Gasteiger partial charge in [-0.05, 0) is 25.0 Å². The van der Waals surface area contributed by atoms with Crippen LogP contribution in [0.2, 0.25) is 0 Å². The van der Waals surface area contributed by atoms with Crippen LogP contribution in [0.5, 0.6) is 5.75 Å². The third kappa shape index (κ3) is 3.70. The van der Waals surface area contributed by atoms with Crippen LogP contribution in [0.25, 0.3) is 0 Å². The number of rotatable bonds is 4. The van der Waals surface area contributed by atoms with E-state index in [0.29, 0.717) is 30.9 Å². The molecule has 2 saturated heterocycles. The Balaban J connectivity index is 1.53. The van der Waals surface area contributed by atoms with Crippen LogP contribution in [0, 0.1) is 0 Å². The summed E-state index contributed by atoms with van der Waals surface area (Å²) in [6, 6.07) is 7.31. The van der Waals surface area contributed by atoms with Crippen molar-refractivity contribution >= 4 is 11.8 Å². The highest BCUT2D eigenvalue weighted by molar-refractivity contribution is 5.97. The average Bonchev–Trinajstić information content (AvgIpc) is 3.16. The number of para-hydroxylation sites is 1. The molecule has 2 amide bonds. The maximum atomic E-state index is 12.7. The number of methoxy groups -OCH3 is 1. The maximum absolute atomic E-state index is 12.7. The number of ether oxygens (including phenoxy) is 1. The van der Waals surface area contributed by atoms with Crippen LogP contribution >= 0.6 is 0 Å². The quantitative estimate of drug-likeness (QED) is 0.828. The molecule has 3 rings (SSSR count). The molecule has 2 aliphatic rings. The lowest BCUT2D eigenvalue weighted by atomic mass is 10.1. The van der Waals surface area contributed by atoms with Gasteiger partial charge in [0.1, 0.15) is 5.75 Å². The van der Waals surface area contributed by atoms with Crippen molar-refractivity contribution in [3.05, 3.63) is 29.8 Å². The second-order valence-corrected chi connectivity index (χ2v) is 6.36. The largest absolute Gasteiger partial charge is 0.496 e. The molecule has 1 aromatic rings. The summed E-state index contributed by atoms with van der Waals surface area (Å²) in [5.74, 6) is 0.823. The number of hydrogen-bond donors (Lipinski definition) is 0. The Morgan fingerprint density at radius 2 is 1.62 bits per heavy atom. The molecule has 6 nitrogen and oxygen atoms in total. The van der Waals surface area contributed by atoms with Gasteiger partial charge in [-0.15, -0.1) is 0 Å². The summed E-state index contributed by atoms with van der Waals surface area (Å²) in [4.78, 5) is 30.8. The maximum Gasteiger partial charge on any atom is 0.257 e. The smallest absolute Gasteiger partial charge is 0.257 e. The van der Waals surface area contributed by atoms with Crippen LogP contribution in [-0.4, -0.2) is 79.4 Å². The molecule has 0 atom stereocenters. The molecule has 0 aromatic heterocycles. The summed E-state index contributed by atoms with van der Waals surface area (Å²) >= 11 is 0. The van der Waals surface area contributed by atoms with Crippen molar-refractivity contribution in [2.24, 2.45) is 0 Å². The fourth-order valence-electron chi connectivity index (χ4n) is 3.36. The van der Waals surface area contributed by atoms with Gasteiger partial charge >= 0.3 is 0 Å². The van der Waals surface area contributed by atoms with Gasteiger partial charge in [0.05, 0.1) is 19.2 Å². The number of carbonyl (C=O) groups is 2. The summed E-state index contributed by atoms with van der Waals surface area (Å²) in [6.45, 7) is 5.02. The summed E-state index contributed by atoms with van der Waals surface area (Å²) in [7, 11) is 1.58. The minimum Gasteiger partial charge on any atom is -0.496 e. The Kier molecular flexibility index (Phi) is 5.35. The Morgan fingerprint density at radius 3 is 2.29 bits per heavy atom. The predicted molar refractivity (Wildman–Crippen MR) is 91.2 cm³/mol. The fourth-order valence-corrected chi connectivity index (χ4v) is 3.36. The summed E-state index contributed by atoms with van der Waals surface area (Å²) in [6.07, 6.45) is 2.24. The highest BCUT2D eigenvalue weighted by atomic mass is 16.5. The first kappa shape index (κ1) is 16.8. The minimum absolute atomic E-state index is 0.00188. The van der Waals surface area contributed by atoms with Crippen molar-refractivity contribution in [2.45, 2.75) is 12.8 Å². The summed E-state index contributed by atoms with van der Waals surface area (Å²) < 4.78 is 5.28. The Bertz CT molecular complexity index is 591. The first-order chi connectivity index (χ1) is 11.7. The predicted octanol–water partition coefficient (Wildman–Crippen LogP) is 1.08. The first-order valence-electron chi connectivity index (χ1n) is 8.61. The van der Waals surface area contributed by atoms with Crippen molar-refractivity contribution in [2.75, 3.05) is 52.9 Å². The molecule has 2 aliphatic heterocycles. The molecule has 0 spiro atoms. The van der Waals surface area contributed by atoms with E-state index in [1.54, 1.807) is 19.2 Å². The monoisotopic (exact) mass is 331 g/mol. The molecule has 0 saturated carbocycles. The second kappa shape index (κ2) is 7.66. The lowest BCUT2D eigenvalue weighted by molar-refractivity contribution is -0.131. The van der Waals surface area contributed by atoms with Gasteiger partial charge in [0, 0.05) is 39.3 Å². The van der Waals surface area contributed by atoms with Crippen LogP contribution in [0.3, 0.4) is 0 Å². The molecule has 0 aliphatic carbocycles. The van der Waals surface area contributed by atoms with Crippen molar-refractivity contribution in [3.8, 4) is 5.75 Å². The van der Waals surface area contributed by atoms with E-state index in [2.05, 4.69) is 4.90 Å². The standard InChI is InChI=1S/C18H25N3O3/c1-24-16-7-3-2-6-15(16)18(23)21-12-10-19(11-13-21)14-17(22)20-8-4-5-9-20/h2-3,6-7H,4-5,8-14H2,1H3. The zero-order valence-corrected chi connectivity index (χ0v) is 14.2. The van der Waals surface area contributed by atoms with Crippen molar-refractivity contribution in [3.63, 3.8) is 0 Å². The number of likely N-dealkylation sites (tertiary alicyclic amines) is 1. The molecule has 130 valence electrons. The van der Waals surface area contributed by atoms with Gasteiger partial charge in [-0.2, -0.15) is 0 Å². The number of amides is 2. The van der Waals surface area contributed by atoms with Crippen molar-refractivity contribution in [1.82, 2.24) is 14.7 Å². The van der Waals surface area contributed by atoms with E-state index in [0.717, 1.165) is 39.0 Å². The Hall–Kier alpha value is -2.08. The van der Waals surface area contributed by atoms with E-state index in [9.17, 15) is 9.59 Å². The topological polar surface area (TPSA) is 53.1 Å². The van der Waals surface area contributed by atoms with Gasteiger partial charge < -0.3 is 14.5 Å². The van der Waals surface area contributed by atoms with Gasteiger partial charge in [-0.1, -0.05) is 12.1 Å². The molecule has 0 N–H and O–H groups in total. The number of carbonyl (C=O) groups excluding carboxylic acids is 2. The number of benzene rings is 1. The van der Waals surface area contributed by atoms with Gasteiger partial charge in [0.25, 0.3) is 5.91 Å². The van der Waals surface area contributed by atoms with Gasteiger partial charge in [-0.3, -0.25) is 14.5 Å². The number of piperazine rings is 1. The third-order valence-corrected chi connectivity index (χ3v) is 4.81. The number of hydrogen-bond acceptors (Lipinski definition) is 4. The molecule has 2 fully saturated rings. The van der Waals surface area contributed by atoms with Gasteiger partial charge in [0.2, 0.25) is 5.91 Å². The molecule has 24 heavy (non-hydrogen) atoms. The molecule has 1 aromatic carbocycles. The van der Waals surface area contributed by atoms with E-state index in [4.69, 9.17) is 4.74 Å². The highest BCUT2D eigenvalue weighted by Gasteiger charge is 2.26. The van der Waals surface area contributed by atoms with E-state index >= 15 is 0 Å².